The highest BCUT2D eigenvalue weighted by molar-refractivity contribution is 5.87. The van der Waals surface area contributed by atoms with Crippen LogP contribution in [0.3, 0.4) is 0 Å². The number of hydrogen-bond donors (Lipinski definition) is 0. The van der Waals surface area contributed by atoms with Crippen LogP contribution in [-0.4, -0.2) is 66.9 Å². The number of alkyl halides is 2. The van der Waals surface area contributed by atoms with Crippen LogP contribution in [0.2, 0.25) is 0 Å². The Morgan fingerprint density at radius 1 is 1.40 bits per heavy atom. The maximum absolute atomic E-state index is 13.1. The van der Waals surface area contributed by atoms with Crippen LogP contribution >= 0.6 is 0 Å². The third-order valence-electron chi connectivity index (χ3n) is 3.86. The summed E-state index contributed by atoms with van der Waals surface area (Å²) in [7, 11) is 1.47. The molecule has 2 amide bonds. The van der Waals surface area contributed by atoms with Crippen LogP contribution in [0.25, 0.3) is 0 Å². The summed E-state index contributed by atoms with van der Waals surface area (Å²) in [5, 5.41) is 0. The second-order valence-electron chi connectivity index (χ2n) is 5.40. The molecule has 7 heteroatoms. The molecule has 114 valence electrons. The van der Waals surface area contributed by atoms with Crippen molar-refractivity contribution in [1.82, 2.24) is 9.80 Å². The summed E-state index contributed by atoms with van der Waals surface area (Å²) >= 11 is 0. The quantitative estimate of drug-likeness (QED) is 0.775. The molecule has 1 atom stereocenters. The van der Waals surface area contributed by atoms with E-state index < -0.39 is 24.5 Å². The van der Waals surface area contributed by atoms with Gasteiger partial charge in [-0.15, -0.1) is 0 Å². The Morgan fingerprint density at radius 3 is 2.75 bits per heavy atom. The molecule has 2 saturated heterocycles. The number of ether oxygens (including phenoxy) is 1. The molecule has 0 radical (unpaired) electrons. The molecule has 0 spiro atoms. The van der Waals surface area contributed by atoms with Crippen LogP contribution in [0.1, 0.15) is 25.7 Å². The number of halogens is 2. The topological polar surface area (TPSA) is 49.9 Å². The van der Waals surface area contributed by atoms with Crippen molar-refractivity contribution in [2.75, 3.05) is 33.3 Å². The van der Waals surface area contributed by atoms with Crippen molar-refractivity contribution in [3.63, 3.8) is 0 Å². The van der Waals surface area contributed by atoms with E-state index in [0.29, 0.717) is 13.0 Å². The van der Waals surface area contributed by atoms with Crippen molar-refractivity contribution in [3.05, 3.63) is 0 Å². The van der Waals surface area contributed by atoms with Gasteiger partial charge in [0, 0.05) is 26.6 Å². The summed E-state index contributed by atoms with van der Waals surface area (Å²) in [6, 6.07) is 0. The van der Waals surface area contributed by atoms with Gasteiger partial charge in [0.05, 0.1) is 13.1 Å². The lowest BCUT2D eigenvalue weighted by Gasteiger charge is -2.25. The van der Waals surface area contributed by atoms with E-state index in [2.05, 4.69) is 0 Å². The van der Waals surface area contributed by atoms with Gasteiger partial charge in [0.1, 0.15) is 6.10 Å². The van der Waals surface area contributed by atoms with Crippen molar-refractivity contribution in [3.8, 4) is 0 Å². The summed E-state index contributed by atoms with van der Waals surface area (Å²) in [6.07, 6.45) is 1.48. The molecule has 2 aliphatic rings. The van der Waals surface area contributed by atoms with Gasteiger partial charge in [0.2, 0.25) is 5.91 Å². The van der Waals surface area contributed by atoms with E-state index in [1.54, 1.807) is 0 Å². The minimum absolute atomic E-state index is 0.0571. The molecule has 1 unspecified atom stereocenters. The number of nitrogens with zero attached hydrogens (tertiary/aromatic N) is 2. The van der Waals surface area contributed by atoms with Gasteiger partial charge in [-0.1, -0.05) is 0 Å². The first-order chi connectivity index (χ1) is 9.43. The fraction of sp³-hybridized carbons (Fsp3) is 0.846. The smallest absolute Gasteiger partial charge is 0.267 e. The van der Waals surface area contributed by atoms with E-state index in [9.17, 15) is 18.4 Å². The lowest BCUT2D eigenvalue weighted by atomic mass is 10.2. The maximum Gasteiger partial charge on any atom is 0.267 e. The molecule has 0 aromatic carbocycles. The Morgan fingerprint density at radius 2 is 2.15 bits per heavy atom. The van der Waals surface area contributed by atoms with E-state index in [0.717, 1.165) is 17.7 Å². The van der Waals surface area contributed by atoms with E-state index in [4.69, 9.17) is 4.74 Å². The Labute approximate surface area is 116 Å². The average Bonchev–Trinajstić information content (AvgIpc) is 2.67. The highest BCUT2D eigenvalue weighted by atomic mass is 19.3. The molecule has 0 bridgehead atoms. The summed E-state index contributed by atoms with van der Waals surface area (Å²) in [5.41, 5.74) is 0. The standard InChI is InChI=1S/C13H20F2N2O3/c1-20-10-4-2-3-6-16(12(10)19)8-11(18)17-7-5-13(14,15)9-17/h10H,2-9H2,1H3. The number of rotatable bonds is 3. The number of carbonyl (C=O) groups excluding carboxylic acids is 2. The van der Waals surface area contributed by atoms with Crippen molar-refractivity contribution < 1.29 is 23.1 Å². The first kappa shape index (κ1) is 15.2. The Balaban J connectivity index is 1.94. The van der Waals surface area contributed by atoms with Gasteiger partial charge >= 0.3 is 0 Å². The van der Waals surface area contributed by atoms with Gasteiger partial charge in [0.25, 0.3) is 11.8 Å². The molecule has 0 aliphatic carbocycles. The first-order valence-electron chi connectivity index (χ1n) is 6.90. The number of methoxy groups -OCH3 is 1. The molecule has 5 nitrogen and oxygen atoms in total. The minimum atomic E-state index is -2.80. The molecule has 2 heterocycles. The molecule has 0 aromatic rings. The summed E-state index contributed by atoms with van der Waals surface area (Å²) < 4.78 is 31.3. The normalized spacial score (nSPS) is 26.8. The lowest BCUT2D eigenvalue weighted by molar-refractivity contribution is -0.146. The molecule has 0 N–H and O–H groups in total. The van der Waals surface area contributed by atoms with Gasteiger partial charge < -0.3 is 14.5 Å². The number of amides is 2. The van der Waals surface area contributed by atoms with Crippen LogP contribution in [0.4, 0.5) is 8.78 Å². The van der Waals surface area contributed by atoms with E-state index in [-0.39, 0.29) is 25.4 Å². The average molecular weight is 290 g/mol. The maximum atomic E-state index is 13.1. The molecule has 2 aliphatic heterocycles. The van der Waals surface area contributed by atoms with E-state index in [1.807, 2.05) is 0 Å². The predicted octanol–water partition coefficient (Wildman–Crippen LogP) is 0.881. The molecular weight excluding hydrogens is 270 g/mol. The van der Waals surface area contributed by atoms with Gasteiger partial charge in [-0.05, 0) is 19.3 Å². The highest BCUT2D eigenvalue weighted by Gasteiger charge is 2.41. The van der Waals surface area contributed by atoms with Crippen molar-refractivity contribution in [2.45, 2.75) is 37.7 Å². The predicted molar refractivity (Wildman–Crippen MR) is 67.4 cm³/mol. The fourth-order valence-electron chi connectivity index (χ4n) is 2.66. The van der Waals surface area contributed by atoms with Crippen LogP contribution in [0, 0.1) is 0 Å². The fourth-order valence-corrected chi connectivity index (χ4v) is 2.66. The zero-order valence-electron chi connectivity index (χ0n) is 11.6. The summed E-state index contributed by atoms with van der Waals surface area (Å²) in [4.78, 5) is 26.7. The van der Waals surface area contributed by atoms with Crippen LogP contribution < -0.4 is 0 Å². The van der Waals surface area contributed by atoms with Crippen LogP contribution in [0.5, 0.6) is 0 Å². The largest absolute Gasteiger partial charge is 0.372 e. The molecule has 2 fully saturated rings. The van der Waals surface area contributed by atoms with Gasteiger partial charge in [0.15, 0.2) is 0 Å². The first-order valence-corrected chi connectivity index (χ1v) is 6.90. The summed E-state index contributed by atoms with van der Waals surface area (Å²) in [5.74, 6) is -3.43. The second kappa shape index (κ2) is 6.03. The Hall–Kier alpha value is -1.24. The van der Waals surface area contributed by atoms with Crippen molar-refractivity contribution in [2.24, 2.45) is 0 Å². The number of carbonyl (C=O) groups is 2. The lowest BCUT2D eigenvalue weighted by Crippen LogP contribution is -2.45. The minimum Gasteiger partial charge on any atom is -0.372 e. The SMILES string of the molecule is COC1CCCCN(CC(=O)N2CCC(F)(F)C2)C1=O. The third kappa shape index (κ3) is 3.45. The molecule has 2 rings (SSSR count). The zero-order chi connectivity index (χ0) is 14.8. The van der Waals surface area contributed by atoms with E-state index >= 15 is 0 Å². The van der Waals surface area contributed by atoms with Crippen molar-refractivity contribution >= 4 is 11.8 Å². The Bertz CT molecular complexity index is 390. The number of hydrogen-bond acceptors (Lipinski definition) is 3. The third-order valence-corrected chi connectivity index (χ3v) is 3.86. The summed E-state index contributed by atoms with van der Waals surface area (Å²) in [6.45, 7) is -0.132. The van der Waals surface area contributed by atoms with Crippen LogP contribution in [-0.2, 0) is 14.3 Å². The number of likely N-dealkylation sites (tertiary alicyclic amines) is 2. The highest BCUT2D eigenvalue weighted by Crippen LogP contribution is 2.27. The Kier molecular flexibility index (Phi) is 4.57. The van der Waals surface area contributed by atoms with Gasteiger partial charge in [-0.25, -0.2) is 8.78 Å². The van der Waals surface area contributed by atoms with Crippen LogP contribution in [0.15, 0.2) is 0 Å². The molecular formula is C13H20F2N2O3. The zero-order valence-corrected chi connectivity index (χ0v) is 11.6. The molecule has 0 aromatic heterocycles. The molecule has 0 saturated carbocycles. The molecule has 20 heavy (non-hydrogen) atoms. The van der Waals surface area contributed by atoms with Gasteiger partial charge in [-0.3, -0.25) is 9.59 Å². The van der Waals surface area contributed by atoms with Crippen molar-refractivity contribution in [1.29, 1.82) is 0 Å². The second-order valence-corrected chi connectivity index (χ2v) is 5.40. The van der Waals surface area contributed by atoms with Gasteiger partial charge in [-0.2, -0.15) is 0 Å². The monoisotopic (exact) mass is 290 g/mol. The van der Waals surface area contributed by atoms with E-state index in [1.165, 1.54) is 12.0 Å².